The van der Waals surface area contributed by atoms with Gasteiger partial charge in [-0.1, -0.05) is 25.1 Å². The molecular formula is C14H19N3O. The minimum Gasteiger partial charge on any atom is -0.358 e. The number of carbonyl (C=O) groups is 1. The molecule has 0 spiro atoms. The Morgan fingerprint density at radius 2 is 2.06 bits per heavy atom. The Morgan fingerprint density at radius 3 is 2.72 bits per heavy atom. The van der Waals surface area contributed by atoms with Crippen LogP contribution < -0.4 is 11.5 Å². The summed E-state index contributed by atoms with van der Waals surface area (Å²) < 4.78 is 0. The number of aryl methyl sites for hydroxylation is 2. The van der Waals surface area contributed by atoms with E-state index >= 15 is 0 Å². The van der Waals surface area contributed by atoms with Gasteiger partial charge in [-0.3, -0.25) is 4.79 Å². The average molecular weight is 245 g/mol. The Balaban J connectivity index is 2.25. The Hall–Kier alpha value is -1.65. The Morgan fingerprint density at radius 1 is 1.33 bits per heavy atom. The number of carbonyl (C=O) groups excluding carboxylic acids is 1. The maximum Gasteiger partial charge on any atom is 0.164 e. The van der Waals surface area contributed by atoms with Crippen molar-refractivity contribution in [3.05, 3.63) is 35.5 Å². The molecule has 0 aliphatic carbocycles. The van der Waals surface area contributed by atoms with E-state index in [1.54, 1.807) is 0 Å². The van der Waals surface area contributed by atoms with Crippen molar-refractivity contribution in [3.63, 3.8) is 0 Å². The monoisotopic (exact) mass is 245 g/mol. The van der Waals surface area contributed by atoms with E-state index in [2.05, 4.69) is 24.0 Å². The number of fused-ring (bicyclic) bond motifs is 1. The highest BCUT2D eigenvalue weighted by atomic mass is 16.1. The average Bonchev–Trinajstić information content (AvgIpc) is 2.73. The summed E-state index contributed by atoms with van der Waals surface area (Å²) in [6.45, 7) is 2.12. The van der Waals surface area contributed by atoms with Crippen molar-refractivity contribution in [1.29, 1.82) is 0 Å². The highest BCUT2D eigenvalue weighted by molar-refractivity contribution is 5.86. The van der Waals surface area contributed by atoms with Crippen LogP contribution in [0.15, 0.2) is 24.3 Å². The third kappa shape index (κ3) is 2.44. The van der Waals surface area contributed by atoms with Crippen molar-refractivity contribution in [1.82, 2.24) is 4.98 Å². The van der Waals surface area contributed by atoms with E-state index in [4.69, 9.17) is 11.5 Å². The number of para-hydroxylation sites is 1. The second kappa shape index (κ2) is 5.33. The van der Waals surface area contributed by atoms with Crippen LogP contribution in [0.25, 0.3) is 10.9 Å². The molecule has 0 amide bonds. The molecule has 0 aliphatic heterocycles. The van der Waals surface area contributed by atoms with Gasteiger partial charge in [-0.2, -0.15) is 0 Å². The van der Waals surface area contributed by atoms with Crippen molar-refractivity contribution in [3.8, 4) is 0 Å². The molecule has 0 radical (unpaired) electrons. The summed E-state index contributed by atoms with van der Waals surface area (Å²) in [5.74, 6) is -0.101. The summed E-state index contributed by atoms with van der Waals surface area (Å²) in [6, 6.07) is 8.18. The first-order valence-electron chi connectivity index (χ1n) is 6.25. The lowest BCUT2D eigenvalue weighted by atomic mass is 10.0. The van der Waals surface area contributed by atoms with Gasteiger partial charge in [0.15, 0.2) is 5.78 Å². The largest absolute Gasteiger partial charge is 0.358 e. The van der Waals surface area contributed by atoms with Crippen LogP contribution in [-0.2, 0) is 17.6 Å². The van der Waals surface area contributed by atoms with Gasteiger partial charge in [0.05, 0.1) is 0 Å². The molecule has 1 aromatic heterocycles. The second-order valence-corrected chi connectivity index (χ2v) is 4.47. The maximum absolute atomic E-state index is 11.5. The molecule has 2 rings (SSSR count). The van der Waals surface area contributed by atoms with Gasteiger partial charge in [0.2, 0.25) is 0 Å². The van der Waals surface area contributed by atoms with Crippen molar-refractivity contribution >= 4 is 16.7 Å². The molecule has 0 fully saturated rings. The highest BCUT2D eigenvalue weighted by Gasteiger charge is 2.13. The normalized spacial score (nSPS) is 11.3. The standard InChI is InChI=1S/C14H19N3O/c1-2-9-10-5-3-4-6-11(10)17-12(9)7-8-13(18)14(15)16/h3-6,14,17H,2,7-8,15-16H2,1H3. The first kappa shape index (κ1) is 12.8. The van der Waals surface area contributed by atoms with Gasteiger partial charge in [0, 0.05) is 23.0 Å². The molecule has 0 aliphatic rings. The number of hydrogen-bond acceptors (Lipinski definition) is 3. The van der Waals surface area contributed by atoms with Crippen molar-refractivity contribution in [2.45, 2.75) is 32.4 Å². The number of nitrogens with two attached hydrogens (primary N) is 2. The van der Waals surface area contributed by atoms with Crippen LogP contribution >= 0.6 is 0 Å². The van der Waals surface area contributed by atoms with Gasteiger partial charge in [0.1, 0.15) is 6.17 Å². The minimum absolute atomic E-state index is 0.101. The molecule has 0 saturated heterocycles. The van der Waals surface area contributed by atoms with Crippen LogP contribution in [-0.4, -0.2) is 16.9 Å². The first-order valence-corrected chi connectivity index (χ1v) is 6.25. The van der Waals surface area contributed by atoms with Gasteiger partial charge >= 0.3 is 0 Å². The zero-order chi connectivity index (χ0) is 13.1. The van der Waals surface area contributed by atoms with Gasteiger partial charge in [-0.05, 0) is 24.5 Å². The summed E-state index contributed by atoms with van der Waals surface area (Å²) >= 11 is 0. The smallest absolute Gasteiger partial charge is 0.164 e. The van der Waals surface area contributed by atoms with Crippen molar-refractivity contribution in [2.24, 2.45) is 11.5 Å². The van der Waals surface area contributed by atoms with Crippen LogP contribution in [0.3, 0.4) is 0 Å². The topological polar surface area (TPSA) is 84.9 Å². The number of hydrogen-bond donors (Lipinski definition) is 3. The van der Waals surface area contributed by atoms with E-state index in [0.717, 1.165) is 17.6 Å². The quantitative estimate of drug-likeness (QED) is 0.697. The second-order valence-electron chi connectivity index (χ2n) is 4.47. The third-order valence-electron chi connectivity index (χ3n) is 3.25. The summed E-state index contributed by atoms with van der Waals surface area (Å²) in [5, 5.41) is 1.24. The van der Waals surface area contributed by atoms with Crippen LogP contribution in [0.1, 0.15) is 24.6 Å². The number of aromatic nitrogens is 1. The Bertz CT molecular complexity index is 557. The van der Waals surface area contributed by atoms with E-state index in [1.165, 1.54) is 10.9 Å². The Labute approximate surface area is 106 Å². The molecule has 0 atom stereocenters. The predicted octanol–water partition coefficient (Wildman–Crippen LogP) is 1.48. The minimum atomic E-state index is -0.862. The summed E-state index contributed by atoms with van der Waals surface area (Å²) in [4.78, 5) is 14.8. The zero-order valence-corrected chi connectivity index (χ0v) is 10.6. The summed E-state index contributed by atoms with van der Waals surface area (Å²) in [7, 11) is 0. The number of benzene rings is 1. The van der Waals surface area contributed by atoms with E-state index in [9.17, 15) is 4.79 Å². The summed E-state index contributed by atoms with van der Waals surface area (Å²) in [5.41, 5.74) is 14.2. The maximum atomic E-state index is 11.5. The molecule has 0 bridgehead atoms. The van der Waals surface area contributed by atoms with Crippen LogP contribution in [0.5, 0.6) is 0 Å². The lowest BCUT2D eigenvalue weighted by Gasteiger charge is -2.05. The molecule has 1 aromatic carbocycles. The lowest BCUT2D eigenvalue weighted by molar-refractivity contribution is -0.120. The molecule has 4 nitrogen and oxygen atoms in total. The number of nitrogens with one attached hydrogen (secondary N) is 1. The SMILES string of the molecule is CCc1c(CCC(=O)C(N)N)[nH]c2ccccc12. The molecular weight excluding hydrogens is 226 g/mol. The number of H-pyrrole nitrogens is 1. The molecule has 96 valence electrons. The Kier molecular flexibility index (Phi) is 3.79. The van der Waals surface area contributed by atoms with Crippen molar-refractivity contribution < 1.29 is 4.79 Å². The van der Waals surface area contributed by atoms with Gasteiger partial charge in [-0.15, -0.1) is 0 Å². The lowest BCUT2D eigenvalue weighted by Crippen LogP contribution is -2.39. The number of ketones is 1. The summed E-state index contributed by atoms with van der Waals surface area (Å²) in [6.07, 6.45) is 1.14. The molecule has 2 aromatic rings. The molecule has 18 heavy (non-hydrogen) atoms. The fraction of sp³-hybridized carbons (Fsp3) is 0.357. The molecule has 0 saturated carbocycles. The fourth-order valence-electron chi connectivity index (χ4n) is 2.29. The molecule has 1 heterocycles. The number of Topliss-reactive ketones (excluding diaryl/α,β-unsaturated/α-hetero) is 1. The molecule has 0 unspecified atom stereocenters. The number of aromatic amines is 1. The van der Waals surface area contributed by atoms with Crippen LogP contribution in [0, 0.1) is 0 Å². The fourth-order valence-corrected chi connectivity index (χ4v) is 2.29. The first-order chi connectivity index (χ1) is 8.63. The zero-order valence-electron chi connectivity index (χ0n) is 10.6. The highest BCUT2D eigenvalue weighted by Crippen LogP contribution is 2.23. The van der Waals surface area contributed by atoms with E-state index in [0.29, 0.717) is 12.8 Å². The molecule has 4 heteroatoms. The van der Waals surface area contributed by atoms with Crippen LogP contribution in [0.4, 0.5) is 0 Å². The van der Waals surface area contributed by atoms with Crippen molar-refractivity contribution in [2.75, 3.05) is 0 Å². The van der Waals surface area contributed by atoms with Gasteiger partial charge in [0.25, 0.3) is 0 Å². The van der Waals surface area contributed by atoms with Gasteiger partial charge in [-0.25, -0.2) is 0 Å². The third-order valence-corrected chi connectivity index (χ3v) is 3.25. The van der Waals surface area contributed by atoms with E-state index < -0.39 is 6.17 Å². The number of rotatable bonds is 5. The van der Waals surface area contributed by atoms with Crippen LogP contribution in [0.2, 0.25) is 0 Å². The van der Waals surface area contributed by atoms with Gasteiger partial charge < -0.3 is 16.5 Å². The molecule has 5 N–H and O–H groups in total. The predicted molar refractivity (Wildman–Crippen MR) is 73.2 cm³/mol. The van der Waals surface area contributed by atoms with E-state index in [1.807, 2.05) is 12.1 Å². The van der Waals surface area contributed by atoms with E-state index in [-0.39, 0.29) is 5.78 Å².